The molecule has 1 fully saturated rings. The molecule has 1 aliphatic heterocycles. The van der Waals surface area contributed by atoms with Gasteiger partial charge in [-0.05, 0) is 0 Å². The van der Waals surface area contributed by atoms with Crippen molar-refractivity contribution in [1.29, 1.82) is 0 Å². The van der Waals surface area contributed by atoms with Crippen molar-refractivity contribution in [2.24, 2.45) is 0 Å². The van der Waals surface area contributed by atoms with Crippen molar-refractivity contribution in [2.75, 3.05) is 11.5 Å². The Balaban J connectivity index is 2.29. The summed E-state index contributed by atoms with van der Waals surface area (Å²) < 4.78 is 10.0. The molecule has 1 aliphatic rings. The maximum absolute atomic E-state index is 10.9. The van der Waals surface area contributed by atoms with Gasteiger partial charge in [0, 0.05) is 0 Å². The number of rotatable bonds is 0. The van der Waals surface area contributed by atoms with Crippen LogP contribution in [0.15, 0.2) is 0 Å². The number of carbonyl (C=O) groups is 2. The van der Waals surface area contributed by atoms with Gasteiger partial charge in [-0.25, -0.2) is 0 Å². The predicted octanol–water partition coefficient (Wildman–Crippen LogP) is -1.45. The van der Waals surface area contributed by atoms with Crippen molar-refractivity contribution >= 4 is 70.2 Å². The van der Waals surface area contributed by atoms with E-state index in [1.54, 1.807) is 0 Å². The second kappa shape index (κ2) is 6.66. The molecule has 0 radical (unpaired) electrons. The fourth-order valence-electron chi connectivity index (χ4n) is 0.548. The van der Waals surface area contributed by atoms with Gasteiger partial charge in [0.2, 0.25) is 0 Å². The van der Waals surface area contributed by atoms with E-state index in [0.29, 0.717) is 11.5 Å². The molecule has 0 bridgehead atoms. The third-order valence-electron chi connectivity index (χ3n) is 1.05. The Morgan fingerprint density at radius 3 is 1.83 bits per heavy atom. The van der Waals surface area contributed by atoms with Gasteiger partial charge < -0.3 is 0 Å². The molecule has 0 N–H and O–H groups in total. The van der Waals surface area contributed by atoms with E-state index in [-0.39, 0.29) is 11.9 Å². The van der Waals surface area contributed by atoms with E-state index in [2.05, 4.69) is 0 Å². The third-order valence-corrected chi connectivity index (χ3v) is 12.7. The van der Waals surface area contributed by atoms with Crippen LogP contribution >= 0.6 is 17.9 Å². The average Bonchev–Trinajstić information content (AvgIpc) is 2.06. The van der Waals surface area contributed by atoms with E-state index in [0.717, 1.165) is 0 Å². The van der Waals surface area contributed by atoms with Crippen LogP contribution in [0.3, 0.4) is 0 Å². The van der Waals surface area contributed by atoms with Gasteiger partial charge in [-0.2, -0.15) is 0 Å². The van der Waals surface area contributed by atoms with Crippen molar-refractivity contribution in [2.45, 2.75) is 0 Å². The Morgan fingerprint density at radius 1 is 1.00 bits per heavy atom. The van der Waals surface area contributed by atoms with E-state index in [9.17, 15) is 9.59 Å². The molecule has 0 aromatic heterocycles. The summed E-state index contributed by atoms with van der Waals surface area (Å²) in [5, 5.41) is 0. The van der Waals surface area contributed by atoms with Crippen LogP contribution < -0.4 is 0 Å². The summed E-state index contributed by atoms with van der Waals surface area (Å²) in [4.78, 5) is 21.7. The van der Waals surface area contributed by atoms with Crippen molar-refractivity contribution < 1.29 is 15.7 Å². The van der Waals surface area contributed by atoms with E-state index >= 15 is 0 Å². The Bertz CT molecular complexity index is 152. The molecular formula is C4H8O4S2Sn2. The first kappa shape index (κ1) is 11.3. The Hall–Kier alpha value is 1.24. The quantitative estimate of drug-likeness (QED) is 0.446. The molecule has 0 saturated carbocycles. The maximum atomic E-state index is 10.9. The molecule has 0 aromatic carbocycles. The van der Waals surface area contributed by atoms with E-state index in [4.69, 9.17) is 6.15 Å². The van der Waals surface area contributed by atoms with E-state index in [1.165, 1.54) is 17.9 Å². The Labute approximate surface area is 96.3 Å². The monoisotopic (exact) mass is 424 g/mol. The van der Waals surface area contributed by atoms with Crippen LogP contribution in [0.1, 0.15) is 0 Å². The second-order valence-electron chi connectivity index (χ2n) is 1.97. The zero-order valence-corrected chi connectivity index (χ0v) is 16.0. The molecule has 0 aromatic rings. The molecular weight excluding hydrogens is 414 g/mol. The molecule has 4 nitrogen and oxygen atoms in total. The SMILES string of the molecule is O=C1C[S][SnH2][O]C(=O)C[S][SnH2][O]1. The first-order chi connectivity index (χ1) is 5.79. The van der Waals surface area contributed by atoms with Crippen LogP contribution in [0, 0.1) is 0 Å². The van der Waals surface area contributed by atoms with Crippen LogP contribution in [0.4, 0.5) is 0 Å². The number of hydrogen-bond donors (Lipinski definition) is 0. The van der Waals surface area contributed by atoms with Gasteiger partial charge in [-0.3, -0.25) is 0 Å². The molecule has 0 atom stereocenters. The summed E-state index contributed by atoms with van der Waals surface area (Å²) in [5.41, 5.74) is 0. The molecule has 1 heterocycles. The molecule has 0 unspecified atom stereocenters. The summed E-state index contributed by atoms with van der Waals surface area (Å²) in [6.45, 7) is 0. The molecule has 68 valence electrons. The molecule has 0 aliphatic carbocycles. The van der Waals surface area contributed by atoms with Crippen LogP contribution in [-0.2, 0) is 15.7 Å². The fourth-order valence-corrected chi connectivity index (χ4v) is 11.0. The first-order valence-corrected chi connectivity index (χ1v) is 18.7. The molecule has 1 rings (SSSR count). The third kappa shape index (κ3) is 5.07. The van der Waals surface area contributed by atoms with Crippen molar-refractivity contribution in [3.05, 3.63) is 0 Å². The Morgan fingerprint density at radius 2 is 1.42 bits per heavy atom. The van der Waals surface area contributed by atoms with E-state index in [1.807, 2.05) is 0 Å². The van der Waals surface area contributed by atoms with Gasteiger partial charge in [0.1, 0.15) is 0 Å². The number of carbonyl (C=O) groups excluding carboxylic acids is 2. The van der Waals surface area contributed by atoms with Crippen LogP contribution in [0.5, 0.6) is 0 Å². The van der Waals surface area contributed by atoms with Crippen molar-refractivity contribution in [3.8, 4) is 0 Å². The van der Waals surface area contributed by atoms with Crippen LogP contribution in [0.2, 0.25) is 0 Å². The normalized spacial score (nSPS) is 25.0. The van der Waals surface area contributed by atoms with Gasteiger partial charge in [0.15, 0.2) is 0 Å². The number of hydrogen-bond acceptors (Lipinski definition) is 6. The van der Waals surface area contributed by atoms with E-state index < -0.39 is 40.3 Å². The van der Waals surface area contributed by atoms with Gasteiger partial charge in [0.05, 0.1) is 0 Å². The minimum atomic E-state index is -1.47. The summed E-state index contributed by atoms with van der Waals surface area (Å²) in [7, 11) is 2.96. The molecule has 1 saturated heterocycles. The van der Waals surface area contributed by atoms with Crippen molar-refractivity contribution in [3.63, 3.8) is 0 Å². The standard InChI is InChI=1S/2C2H4O2S.2Sn.4H/c2*3-2(4)1-5;;;;;;/h2*5H,1H2,(H,3,4);;;;;;/q;;2*+2;;;;/p-4. The molecule has 0 spiro atoms. The zero-order valence-electron chi connectivity index (χ0n) is 6.28. The van der Waals surface area contributed by atoms with Gasteiger partial charge in [0.25, 0.3) is 0 Å². The summed E-state index contributed by atoms with van der Waals surface area (Å²) >= 11 is -2.95. The molecule has 12 heavy (non-hydrogen) atoms. The summed E-state index contributed by atoms with van der Waals surface area (Å²) in [6.07, 6.45) is 0. The average molecular weight is 422 g/mol. The minimum absolute atomic E-state index is 0.113. The van der Waals surface area contributed by atoms with Crippen LogP contribution in [0.25, 0.3) is 0 Å². The topological polar surface area (TPSA) is 52.6 Å². The van der Waals surface area contributed by atoms with Crippen LogP contribution in [-0.4, -0.2) is 63.8 Å². The van der Waals surface area contributed by atoms with Gasteiger partial charge in [-0.1, -0.05) is 0 Å². The van der Waals surface area contributed by atoms with Crippen molar-refractivity contribution in [1.82, 2.24) is 0 Å². The fraction of sp³-hybridized carbons (Fsp3) is 0.500. The van der Waals surface area contributed by atoms with Gasteiger partial charge >= 0.3 is 97.4 Å². The Kier molecular flexibility index (Phi) is 6.27. The predicted molar refractivity (Wildman–Crippen MR) is 54.2 cm³/mol. The zero-order chi connectivity index (χ0) is 8.81. The summed E-state index contributed by atoms with van der Waals surface area (Å²) in [6, 6.07) is 0. The van der Waals surface area contributed by atoms with Gasteiger partial charge in [-0.15, -0.1) is 0 Å². The molecule has 8 heteroatoms. The molecule has 0 amide bonds. The summed E-state index contributed by atoms with van der Waals surface area (Å²) in [5.74, 6) is 0.553. The second-order valence-corrected chi connectivity index (χ2v) is 16.5. The first-order valence-electron chi connectivity index (χ1n) is 3.26.